The lowest BCUT2D eigenvalue weighted by atomic mass is 10.2. The maximum Gasteiger partial charge on any atom is 0.339 e. The largest absolute Gasteiger partial charge is 0.378 e. The Morgan fingerprint density at radius 1 is 0.811 bits per heavy atom. The van der Waals surface area contributed by atoms with Crippen LogP contribution in [0.1, 0.15) is 11.1 Å². The van der Waals surface area contributed by atoms with Crippen LogP contribution in [0, 0.1) is 6.92 Å². The maximum absolute atomic E-state index is 13.6. The molecule has 4 aromatic rings. The van der Waals surface area contributed by atoms with E-state index >= 15 is 0 Å². The van der Waals surface area contributed by atoms with Crippen LogP contribution in [0.3, 0.4) is 0 Å². The fraction of sp³-hybridized carbons (Fsp3) is 0.0345. The molecular formula is C29H22N2O4S2. The third kappa shape index (κ3) is 5.50. The number of para-hydroxylation sites is 3. The third-order valence-electron chi connectivity index (χ3n) is 5.52. The molecule has 0 unspecified atom stereocenters. The van der Waals surface area contributed by atoms with E-state index in [-0.39, 0.29) is 16.6 Å². The molecule has 1 heterocycles. The Kier molecular flexibility index (Phi) is 6.94. The summed E-state index contributed by atoms with van der Waals surface area (Å²) in [4.78, 5) is 20.3. The van der Waals surface area contributed by atoms with Crippen molar-refractivity contribution in [3.05, 3.63) is 125 Å². The predicted molar refractivity (Wildman–Crippen MR) is 148 cm³/mol. The Morgan fingerprint density at radius 2 is 1.43 bits per heavy atom. The molecule has 6 nitrogen and oxygen atoms in total. The van der Waals surface area contributed by atoms with Gasteiger partial charge in [0, 0.05) is 5.56 Å². The van der Waals surface area contributed by atoms with Gasteiger partial charge in [-0.3, -0.25) is 9.69 Å². The van der Waals surface area contributed by atoms with Gasteiger partial charge in [0.1, 0.15) is 10.6 Å². The number of benzene rings is 4. The first-order valence-electron chi connectivity index (χ1n) is 11.4. The normalized spacial score (nSPS) is 15.9. The molecule has 4 aromatic carbocycles. The molecule has 0 N–H and O–H groups in total. The molecule has 1 aliphatic rings. The van der Waals surface area contributed by atoms with Crippen molar-refractivity contribution in [2.24, 2.45) is 4.99 Å². The lowest BCUT2D eigenvalue weighted by Gasteiger charge is -2.15. The smallest absolute Gasteiger partial charge is 0.339 e. The van der Waals surface area contributed by atoms with Crippen LogP contribution in [0.5, 0.6) is 5.75 Å². The lowest BCUT2D eigenvalue weighted by molar-refractivity contribution is -0.113. The number of anilines is 1. The Hall–Kier alpha value is -4.14. The minimum Gasteiger partial charge on any atom is -0.378 e. The van der Waals surface area contributed by atoms with E-state index in [1.165, 1.54) is 23.9 Å². The lowest BCUT2D eigenvalue weighted by Crippen LogP contribution is -2.28. The highest BCUT2D eigenvalue weighted by Crippen LogP contribution is 2.38. The number of nitrogens with zero attached hydrogens (tertiary/aromatic N) is 2. The minimum absolute atomic E-state index is 0.0550. The van der Waals surface area contributed by atoms with E-state index in [0.717, 1.165) is 5.56 Å². The van der Waals surface area contributed by atoms with Gasteiger partial charge in [0.15, 0.2) is 5.17 Å². The number of carbonyl (C=O) groups excluding carboxylic acids is 1. The summed E-state index contributed by atoms with van der Waals surface area (Å²) in [6.07, 6.45) is 1.64. The van der Waals surface area contributed by atoms with Gasteiger partial charge in [-0.2, -0.15) is 8.42 Å². The first-order valence-corrected chi connectivity index (χ1v) is 13.7. The molecule has 1 saturated heterocycles. The van der Waals surface area contributed by atoms with Crippen molar-refractivity contribution in [2.45, 2.75) is 11.8 Å². The summed E-state index contributed by atoms with van der Waals surface area (Å²) in [5, 5.41) is 0.499. The average Bonchev–Trinajstić information content (AvgIpc) is 3.20. The summed E-state index contributed by atoms with van der Waals surface area (Å²) in [6, 6.07) is 31.8. The van der Waals surface area contributed by atoms with Gasteiger partial charge in [-0.15, -0.1) is 0 Å². The number of hydrogen-bond acceptors (Lipinski definition) is 6. The first kappa shape index (κ1) is 24.5. The number of amides is 1. The summed E-state index contributed by atoms with van der Waals surface area (Å²) < 4.78 is 31.3. The highest BCUT2D eigenvalue weighted by Gasteiger charge is 2.35. The van der Waals surface area contributed by atoms with E-state index in [1.54, 1.807) is 47.4 Å². The number of amidine groups is 1. The van der Waals surface area contributed by atoms with Crippen molar-refractivity contribution in [2.75, 3.05) is 4.90 Å². The quantitative estimate of drug-likeness (QED) is 0.210. The Morgan fingerprint density at radius 3 is 2.14 bits per heavy atom. The molecule has 8 heteroatoms. The van der Waals surface area contributed by atoms with Crippen LogP contribution in [0.4, 0.5) is 11.4 Å². The Balaban J connectivity index is 1.52. The predicted octanol–water partition coefficient (Wildman–Crippen LogP) is 6.57. The zero-order valence-electron chi connectivity index (χ0n) is 19.8. The summed E-state index contributed by atoms with van der Waals surface area (Å²) in [7, 11) is -4.06. The number of aryl methyl sites for hydroxylation is 1. The molecule has 1 aliphatic heterocycles. The van der Waals surface area contributed by atoms with Crippen molar-refractivity contribution in [1.82, 2.24) is 0 Å². The van der Waals surface area contributed by atoms with E-state index < -0.39 is 10.1 Å². The second kappa shape index (κ2) is 10.5. The molecule has 1 amide bonds. The van der Waals surface area contributed by atoms with Crippen molar-refractivity contribution in [3.63, 3.8) is 0 Å². The number of carbonyl (C=O) groups is 1. The fourth-order valence-corrected chi connectivity index (χ4v) is 5.60. The molecule has 0 spiro atoms. The van der Waals surface area contributed by atoms with Gasteiger partial charge in [-0.05, 0) is 67.2 Å². The Bertz CT molecular complexity index is 1600. The van der Waals surface area contributed by atoms with Gasteiger partial charge in [0.05, 0.1) is 16.3 Å². The summed E-state index contributed by atoms with van der Waals surface area (Å²) in [5.41, 5.74) is 2.80. The van der Waals surface area contributed by atoms with Crippen LogP contribution in [0.2, 0.25) is 0 Å². The zero-order valence-corrected chi connectivity index (χ0v) is 21.4. The van der Waals surface area contributed by atoms with Gasteiger partial charge in [0.2, 0.25) is 0 Å². The van der Waals surface area contributed by atoms with E-state index in [9.17, 15) is 13.2 Å². The number of aliphatic imine (C=N–C) groups is 1. The second-order valence-corrected chi connectivity index (χ2v) is 10.8. The van der Waals surface area contributed by atoms with Gasteiger partial charge >= 0.3 is 10.1 Å². The van der Waals surface area contributed by atoms with Gasteiger partial charge in [-0.1, -0.05) is 72.3 Å². The molecule has 1 fully saturated rings. The van der Waals surface area contributed by atoms with Gasteiger partial charge in [-0.25, -0.2) is 4.99 Å². The monoisotopic (exact) mass is 526 g/mol. The Labute approximate surface area is 220 Å². The first-order chi connectivity index (χ1) is 17.9. The van der Waals surface area contributed by atoms with Crippen molar-refractivity contribution >= 4 is 50.4 Å². The zero-order chi connectivity index (χ0) is 25.8. The van der Waals surface area contributed by atoms with Crippen molar-refractivity contribution in [1.29, 1.82) is 0 Å². The molecule has 184 valence electrons. The highest BCUT2D eigenvalue weighted by molar-refractivity contribution is 8.19. The van der Waals surface area contributed by atoms with Crippen LogP contribution < -0.4 is 9.08 Å². The molecule has 0 bridgehead atoms. The standard InChI is InChI=1S/C29H22N2O4S2/c1-21-16-18-25(19-17-21)37(33,34)35-26-15-9-8-10-22(26)20-27-28(32)31(24-13-6-3-7-14-24)29(36-27)30-23-11-4-2-5-12-23/h2-20H,1H3/b27-20+,30-29?. The van der Waals surface area contributed by atoms with Gasteiger partial charge in [0.25, 0.3) is 5.91 Å². The average molecular weight is 527 g/mol. The van der Waals surface area contributed by atoms with Crippen LogP contribution in [-0.4, -0.2) is 19.5 Å². The highest BCUT2D eigenvalue weighted by atomic mass is 32.2. The number of thioether (sulfide) groups is 1. The van der Waals surface area contributed by atoms with E-state index in [2.05, 4.69) is 0 Å². The van der Waals surface area contributed by atoms with Gasteiger partial charge < -0.3 is 4.18 Å². The van der Waals surface area contributed by atoms with Crippen LogP contribution in [0.15, 0.2) is 124 Å². The van der Waals surface area contributed by atoms with Crippen molar-refractivity contribution in [3.8, 4) is 5.75 Å². The van der Waals surface area contributed by atoms with Crippen LogP contribution in [0.25, 0.3) is 6.08 Å². The fourth-order valence-electron chi connectivity index (χ4n) is 3.65. The molecule has 5 rings (SSSR count). The number of hydrogen-bond donors (Lipinski definition) is 0. The second-order valence-electron chi connectivity index (χ2n) is 8.21. The van der Waals surface area contributed by atoms with Crippen molar-refractivity contribution < 1.29 is 17.4 Å². The van der Waals surface area contributed by atoms with Crippen LogP contribution in [-0.2, 0) is 14.9 Å². The molecule has 0 radical (unpaired) electrons. The van der Waals surface area contributed by atoms with E-state index in [0.29, 0.717) is 27.0 Å². The molecule has 0 atom stereocenters. The molecule has 0 aliphatic carbocycles. The molecule has 0 saturated carbocycles. The summed E-state index contributed by atoms with van der Waals surface area (Å²) in [6.45, 7) is 1.88. The molecule has 0 aromatic heterocycles. The maximum atomic E-state index is 13.6. The third-order valence-corrected chi connectivity index (χ3v) is 7.73. The molecular weight excluding hydrogens is 504 g/mol. The number of rotatable bonds is 6. The van der Waals surface area contributed by atoms with E-state index in [4.69, 9.17) is 9.18 Å². The van der Waals surface area contributed by atoms with E-state index in [1.807, 2.05) is 67.6 Å². The molecule has 37 heavy (non-hydrogen) atoms. The summed E-state index contributed by atoms with van der Waals surface area (Å²) in [5.74, 6) is -0.134. The SMILES string of the molecule is Cc1ccc(S(=O)(=O)Oc2ccccc2/C=C2/SC(=Nc3ccccc3)N(c3ccccc3)C2=O)cc1. The summed E-state index contributed by atoms with van der Waals surface area (Å²) >= 11 is 1.22. The van der Waals surface area contributed by atoms with Crippen LogP contribution >= 0.6 is 11.8 Å². The topological polar surface area (TPSA) is 76.0 Å². The minimum atomic E-state index is -4.06.